The molecule has 0 saturated carbocycles. The Morgan fingerprint density at radius 2 is 2.21 bits per heavy atom. The normalized spacial score (nSPS) is 25.4. The number of benzene rings is 1. The molecule has 1 unspecified atom stereocenters. The molecule has 0 aliphatic carbocycles. The van der Waals surface area contributed by atoms with Crippen LogP contribution in [0.25, 0.3) is 0 Å². The fraction of sp³-hybridized carbons (Fsp3) is 0.364. The van der Waals surface area contributed by atoms with E-state index in [1.807, 2.05) is 18.2 Å². The summed E-state index contributed by atoms with van der Waals surface area (Å²) in [6.07, 6.45) is 0.621. The first-order valence-electron chi connectivity index (χ1n) is 4.96. The van der Waals surface area contributed by atoms with Gasteiger partial charge in [-0.05, 0) is 11.6 Å². The maximum Gasteiger partial charge on any atom is 0.171 e. The quantitative estimate of drug-likeness (QED) is 0.664. The zero-order valence-corrected chi connectivity index (χ0v) is 7.86. The summed E-state index contributed by atoms with van der Waals surface area (Å²) in [5.74, 6) is 0.319. The van der Waals surface area contributed by atoms with Gasteiger partial charge in [-0.3, -0.25) is 9.69 Å². The standard InChI is InChI=1S/C11H12N2O/c14-10-5-6-13-7-8-3-1-2-4-9(8)12-11(10)13/h1-4,11-12H,5-7H2. The van der Waals surface area contributed by atoms with Gasteiger partial charge < -0.3 is 5.32 Å². The van der Waals surface area contributed by atoms with Crippen LogP contribution in [0.2, 0.25) is 0 Å². The third-order valence-corrected chi connectivity index (χ3v) is 3.00. The highest BCUT2D eigenvalue weighted by molar-refractivity contribution is 5.89. The van der Waals surface area contributed by atoms with Crippen LogP contribution in [-0.4, -0.2) is 23.4 Å². The number of fused-ring (bicyclic) bond motifs is 2. The second-order valence-electron chi connectivity index (χ2n) is 3.89. The predicted octanol–water partition coefficient (Wildman–Crippen LogP) is 1.21. The molecule has 14 heavy (non-hydrogen) atoms. The smallest absolute Gasteiger partial charge is 0.171 e. The molecular formula is C11H12N2O. The minimum atomic E-state index is -0.0649. The molecule has 2 aliphatic heterocycles. The molecule has 1 saturated heterocycles. The second-order valence-corrected chi connectivity index (χ2v) is 3.89. The Hall–Kier alpha value is -1.35. The van der Waals surface area contributed by atoms with Crippen molar-refractivity contribution in [3.63, 3.8) is 0 Å². The Balaban J connectivity index is 1.99. The molecule has 0 amide bonds. The SMILES string of the molecule is O=C1CCN2Cc3ccccc3NC12. The van der Waals surface area contributed by atoms with E-state index in [-0.39, 0.29) is 6.17 Å². The Morgan fingerprint density at radius 1 is 1.36 bits per heavy atom. The molecule has 1 aromatic rings. The fourth-order valence-corrected chi connectivity index (χ4v) is 2.23. The van der Waals surface area contributed by atoms with Gasteiger partial charge in [0, 0.05) is 25.2 Å². The first-order valence-corrected chi connectivity index (χ1v) is 4.96. The van der Waals surface area contributed by atoms with Crippen LogP contribution >= 0.6 is 0 Å². The van der Waals surface area contributed by atoms with Gasteiger partial charge in [0.1, 0.15) is 6.17 Å². The number of anilines is 1. The van der Waals surface area contributed by atoms with E-state index in [0.29, 0.717) is 12.2 Å². The zero-order chi connectivity index (χ0) is 9.54. The molecule has 0 radical (unpaired) electrons. The molecule has 1 N–H and O–H groups in total. The first kappa shape index (κ1) is 8.00. The van der Waals surface area contributed by atoms with Crippen molar-refractivity contribution >= 4 is 11.5 Å². The average molecular weight is 188 g/mol. The largest absolute Gasteiger partial charge is 0.363 e. The maximum atomic E-state index is 11.5. The van der Waals surface area contributed by atoms with Crippen molar-refractivity contribution in [1.29, 1.82) is 0 Å². The highest BCUT2D eigenvalue weighted by Gasteiger charge is 2.35. The number of carbonyl (C=O) groups is 1. The van der Waals surface area contributed by atoms with E-state index in [2.05, 4.69) is 16.3 Å². The van der Waals surface area contributed by atoms with E-state index in [1.165, 1.54) is 5.56 Å². The number of Topliss-reactive ketones (excluding diaryl/α,β-unsaturated/α-hetero) is 1. The van der Waals surface area contributed by atoms with Gasteiger partial charge in [0.05, 0.1) is 0 Å². The lowest BCUT2D eigenvalue weighted by Gasteiger charge is -2.31. The van der Waals surface area contributed by atoms with E-state index in [4.69, 9.17) is 0 Å². The van der Waals surface area contributed by atoms with Gasteiger partial charge in [-0.1, -0.05) is 18.2 Å². The van der Waals surface area contributed by atoms with E-state index < -0.39 is 0 Å². The van der Waals surface area contributed by atoms with Crippen LogP contribution < -0.4 is 5.32 Å². The summed E-state index contributed by atoms with van der Waals surface area (Å²) in [7, 11) is 0. The van der Waals surface area contributed by atoms with Crippen molar-refractivity contribution in [3.8, 4) is 0 Å². The molecule has 1 fully saturated rings. The predicted molar refractivity (Wildman–Crippen MR) is 53.9 cm³/mol. The van der Waals surface area contributed by atoms with Gasteiger partial charge in [0.15, 0.2) is 5.78 Å². The lowest BCUT2D eigenvalue weighted by atomic mass is 10.1. The molecule has 3 nitrogen and oxygen atoms in total. The van der Waals surface area contributed by atoms with Crippen molar-refractivity contribution in [1.82, 2.24) is 4.90 Å². The van der Waals surface area contributed by atoms with Crippen LogP contribution in [0.5, 0.6) is 0 Å². The molecule has 3 heteroatoms. The van der Waals surface area contributed by atoms with Crippen LogP contribution in [0, 0.1) is 0 Å². The number of ketones is 1. The third kappa shape index (κ3) is 1.06. The fourth-order valence-electron chi connectivity index (χ4n) is 2.23. The molecule has 0 spiro atoms. The van der Waals surface area contributed by atoms with Crippen LogP contribution in [0.4, 0.5) is 5.69 Å². The van der Waals surface area contributed by atoms with E-state index >= 15 is 0 Å². The second kappa shape index (κ2) is 2.82. The molecule has 2 heterocycles. The summed E-state index contributed by atoms with van der Waals surface area (Å²) in [4.78, 5) is 13.7. The molecule has 0 aromatic heterocycles. The summed E-state index contributed by atoms with van der Waals surface area (Å²) in [6, 6.07) is 8.19. The summed E-state index contributed by atoms with van der Waals surface area (Å²) in [6.45, 7) is 1.80. The Morgan fingerprint density at radius 3 is 3.14 bits per heavy atom. The minimum Gasteiger partial charge on any atom is -0.363 e. The highest BCUT2D eigenvalue weighted by atomic mass is 16.1. The lowest BCUT2D eigenvalue weighted by Crippen LogP contribution is -2.42. The summed E-state index contributed by atoms with van der Waals surface area (Å²) in [5.41, 5.74) is 2.41. The Kier molecular flexibility index (Phi) is 1.61. The Bertz CT molecular complexity index is 389. The first-order chi connectivity index (χ1) is 6.84. The van der Waals surface area contributed by atoms with Crippen molar-refractivity contribution in [2.24, 2.45) is 0 Å². The number of hydrogen-bond donors (Lipinski definition) is 1. The van der Waals surface area contributed by atoms with Crippen molar-refractivity contribution < 1.29 is 4.79 Å². The average Bonchev–Trinajstić information content (AvgIpc) is 2.57. The number of carbonyl (C=O) groups excluding carboxylic acids is 1. The summed E-state index contributed by atoms with van der Waals surface area (Å²) in [5, 5.41) is 3.29. The number of hydrogen-bond acceptors (Lipinski definition) is 3. The summed E-state index contributed by atoms with van der Waals surface area (Å²) < 4.78 is 0. The van der Waals surface area contributed by atoms with Gasteiger partial charge >= 0.3 is 0 Å². The highest BCUT2D eigenvalue weighted by Crippen LogP contribution is 2.28. The molecule has 3 rings (SSSR count). The third-order valence-electron chi connectivity index (χ3n) is 3.00. The van der Waals surface area contributed by atoms with Gasteiger partial charge in [-0.15, -0.1) is 0 Å². The van der Waals surface area contributed by atoms with Gasteiger partial charge in [0.25, 0.3) is 0 Å². The molecule has 0 bridgehead atoms. The molecule has 1 aromatic carbocycles. The van der Waals surface area contributed by atoms with Crippen LogP contribution in [0.15, 0.2) is 24.3 Å². The summed E-state index contributed by atoms with van der Waals surface area (Å²) >= 11 is 0. The minimum absolute atomic E-state index is 0.0649. The monoisotopic (exact) mass is 188 g/mol. The number of nitrogens with zero attached hydrogens (tertiary/aromatic N) is 1. The van der Waals surface area contributed by atoms with Crippen LogP contribution in [-0.2, 0) is 11.3 Å². The molecule has 1 atom stereocenters. The van der Waals surface area contributed by atoms with Crippen LogP contribution in [0.3, 0.4) is 0 Å². The Labute approximate surface area is 82.7 Å². The van der Waals surface area contributed by atoms with Crippen LogP contribution in [0.1, 0.15) is 12.0 Å². The van der Waals surface area contributed by atoms with Crippen molar-refractivity contribution in [2.45, 2.75) is 19.1 Å². The number of nitrogens with one attached hydrogen (secondary N) is 1. The van der Waals surface area contributed by atoms with E-state index in [9.17, 15) is 4.79 Å². The number of para-hydroxylation sites is 1. The van der Waals surface area contributed by atoms with Gasteiger partial charge in [-0.25, -0.2) is 0 Å². The zero-order valence-electron chi connectivity index (χ0n) is 7.86. The molecule has 2 aliphatic rings. The van der Waals surface area contributed by atoms with Gasteiger partial charge in [0.2, 0.25) is 0 Å². The maximum absolute atomic E-state index is 11.5. The van der Waals surface area contributed by atoms with Gasteiger partial charge in [-0.2, -0.15) is 0 Å². The number of rotatable bonds is 0. The topological polar surface area (TPSA) is 32.3 Å². The molecular weight excluding hydrogens is 176 g/mol. The van der Waals surface area contributed by atoms with E-state index in [0.717, 1.165) is 18.8 Å². The van der Waals surface area contributed by atoms with Crippen molar-refractivity contribution in [2.75, 3.05) is 11.9 Å². The lowest BCUT2D eigenvalue weighted by molar-refractivity contribution is -0.119. The van der Waals surface area contributed by atoms with Crippen molar-refractivity contribution in [3.05, 3.63) is 29.8 Å². The molecule has 72 valence electrons. The van der Waals surface area contributed by atoms with E-state index in [1.54, 1.807) is 0 Å².